The molecule has 0 aliphatic heterocycles. The van der Waals surface area contributed by atoms with Crippen molar-refractivity contribution in [3.63, 3.8) is 0 Å². The molecule has 0 radical (unpaired) electrons. The first kappa shape index (κ1) is 19.8. The van der Waals surface area contributed by atoms with Gasteiger partial charge in [0.15, 0.2) is 17.5 Å². The van der Waals surface area contributed by atoms with E-state index < -0.39 is 43.7 Å². The van der Waals surface area contributed by atoms with Crippen molar-refractivity contribution >= 4 is 21.5 Å². The number of anilines is 1. The minimum atomic E-state index is -4.53. The van der Waals surface area contributed by atoms with Gasteiger partial charge in [0.05, 0.1) is 17.1 Å². The third-order valence-electron chi connectivity index (χ3n) is 3.56. The van der Waals surface area contributed by atoms with E-state index in [9.17, 15) is 26.4 Å². The lowest BCUT2D eigenvalue weighted by Crippen LogP contribution is -2.14. The van der Waals surface area contributed by atoms with Crippen LogP contribution in [-0.2, 0) is 14.6 Å². The normalized spacial score (nSPS) is 11.3. The van der Waals surface area contributed by atoms with Gasteiger partial charge in [-0.3, -0.25) is 0 Å². The van der Waals surface area contributed by atoms with E-state index in [1.54, 1.807) is 19.0 Å². The number of ether oxygens (including phenoxy) is 1. The van der Waals surface area contributed by atoms with Crippen molar-refractivity contribution in [3.8, 4) is 0 Å². The van der Waals surface area contributed by atoms with Gasteiger partial charge in [0.25, 0.3) is 0 Å². The molecule has 0 spiro atoms. The molecule has 0 unspecified atom stereocenters. The van der Waals surface area contributed by atoms with Gasteiger partial charge in [-0.15, -0.1) is 0 Å². The lowest BCUT2D eigenvalue weighted by molar-refractivity contribution is 0.0519. The molecule has 9 heteroatoms. The van der Waals surface area contributed by atoms with Crippen molar-refractivity contribution < 1.29 is 31.1 Å². The summed E-state index contributed by atoms with van der Waals surface area (Å²) in [5.74, 6) is -7.04. The first-order chi connectivity index (χ1) is 12.1. The Morgan fingerprint density at radius 1 is 1.04 bits per heavy atom. The standard InChI is InChI=1S/C17H16F3NO4S/c1-4-25-17(22)12-9-13(15(19)16(20)14(12)18)26(23,24)11-7-5-10(6-8-11)21(2)3/h5-9H,4H2,1-3H3. The Hall–Kier alpha value is -2.55. The van der Waals surface area contributed by atoms with Crippen LogP contribution in [0.5, 0.6) is 0 Å². The van der Waals surface area contributed by atoms with Crippen LogP contribution in [0.2, 0.25) is 0 Å². The molecule has 0 heterocycles. The van der Waals surface area contributed by atoms with E-state index in [-0.39, 0.29) is 11.5 Å². The van der Waals surface area contributed by atoms with Crippen molar-refractivity contribution in [1.82, 2.24) is 0 Å². The first-order valence-corrected chi connectivity index (χ1v) is 8.96. The second kappa shape index (κ2) is 7.36. The summed E-state index contributed by atoms with van der Waals surface area (Å²) < 4.78 is 71.6. The second-order valence-electron chi connectivity index (χ2n) is 5.48. The van der Waals surface area contributed by atoms with Gasteiger partial charge in [0, 0.05) is 19.8 Å². The van der Waals surface area contributed by atoms with Crippen LogP contribution in [0.3, 0.4) is 0 Å². The molecule has 0 atom stereocenters. The summed E-state index contributed by atoms with van der Waals surface area (Å²) in [6.07, 6.45) is 0. The summed E-state index contributed by atoms with van der Waals surface area (Å²) in [5.41, 5.74) is -0.309. The molecule has 0 aromatic heterocycles. The molecule has 2 aromatic carbocycles. The zero-order chi connectivity index (χ0) is 19.6. The smallest absolute Gasteiger partial charge is 0.341 e. The third kappa shape index (κ3) is 3.52. The van der Waals surface area contributed by atoms with E-state index >= 15 is 0 Å². The van der Waals surface area contributed by atoms with Crippen molar-refractivity contribution in [1.29, 1.82) is 0 Å². The van der Waals surface area contributed by atoms with Gasteiger partial charge >= 0.3 is 5.97 Å². The van der Waals surface area contributed by atoms with Crippen LogP contribution in [-0.4, -0.2) is 35.1 Å². The lowest BCUT2D eigenvalue weighted by atomic mass is 10.2. The van der Waals surface area contributed by atoms with Crippen LogP contribution in [0.15, 0.2) is 40.1 Å². The molecule has 0 amide bonds. The molecule has 0 bridgehead atoms. The predicted molar refractivity (Wildman–Crippen MR) is 88.5 cm³/mol. The third-order valence-corrected chi connectivity index (χ3v) is 5.33. The molecule has 0 saturated carbocycles. The molecule has 140 valence electrons. The number of rotatable bonds is 5. The van der Waals surface area contributed by atoms with Gasteiger partial charge in [-0.25, -0.2) is 26.4 Å². The average molecular weight is 387 g/mol. The second-order valence-corrected chi connectivity index (χ2v) is 7.39. The van der Waals surface area contributed by atoms with E-state index in [2.05, 4.69) is 4.74 Å². The first-order valence-electron chi connectivity index (χ1n) is 7.48. The summed E-state index contributed by atoms with van der Waals surface area (Å²) in [7, 11) is -1.05. The van der Waals surface area contributed by atoms with Gasteiger partial charge in [0.1, 0.15) is 4.90 Å². The van der Waals surface area contributed by atoms with Crippen LogP contribution in [0.4, 0.5) is 18.9 Å². The fourth-order valence-electron chi connectivity index (χ4n) is 2.18. The fourth-order valence-corrected chi connectivity index (χ4v) is 3.53. The highest BCUT2D eigenvalue weighted by Crippen LogP contribution is 2.29. The van der Waals surface area contributed by atoms with E-state index in [4.69, 9.17) is 0 Å². The average Bonchev–Trinajstić information content (AvgIpc) is 2.59. The maximum atomic E-state index is 14.1. The summed E-state index contributed by atoms with van der Waals surface area (Å²) in [6.45, 7) is 1.28. The molecule has 0 aliphatic carbocycles. The Bertz CT molecular complexity index is 941. The molecule has 2 aromatic rings. The fraction of sp³-hybridized carbons (Fsp3) is 0.235. The van der Waals surface area contributed by atoms with Crippen LogP contribution in [0, 0.1) is 17.5 Å². The Kier molecular flexibility index (Phi) is 5.60. The predicted octanol–water partition coefficient (Wildman–Crippen LogP) is 3.18. The minimum absolute atomic E-state index is 0.147. The number of hydrogen-bond donors (Lipinski definition) is 0. The molecule has 5 nitrogen and oxygen atoms in total. The number of hydrogen-bond acceptors (Lipinski definition) is 5. The highest BCUT2D eigenvalue weighted by atomic mass is 32.2. The summed E-state index contributed by atoms with van der Waals surface area (Å²) in [6, 6.07) is 5.79. The monoisotopic (exact) mass is 387 g/mol. The van der Waals surface area contributed by atoms with E-state index in [1.807, 2.05) is 0 Å². The topological polar surface area (TPSA) is 63.7 Å². The zero-order valence-electron chi connectivity index (χ0n) is 14.2. The highest BCUT2D eigenvalue weighted by Gasteiger charge is 2.30. The molecule has 0 fully saturated rings. The Balaban J connectivity index is 2.64. The van der Waals surface area contributed by atoms with Crippen molar-refractivity contribution in [2.45, 2.75) is 16.7 Å². The van der Waals surface area contributed by atoms with Crippen LogP contribution in [0.1, 0.15) is 17.3 Å². The van der Waals surface area contributed by atoms with Gasteiger partial charge in [0.2, 0.25) is 9.84 Å². The molecular weight excluding hydrogens is 371 g/mol. The summed E-state index contributed by atoms with van der Waals surface area (Å²) >= 11 is 0. The zero-order valence-corrected chi connectivity index (χ0v) is 15.0. The Morgan fingerprint density at radius 3 is 2.12 bits per heavy atom. The van der Waals surface area contributed by atoms with Gasteiger partial charge in [-0.2, -0.15) is 0 Å². The molecule has 2 rings (SSSR count). The quantitative estimate of drug-likeness (QED) is 0.448. The molecular formula is C17H16F3NO4S. The van der Waals surface area contributed by atoms with E-state index in [0.717, 1.165) is 0 Å². The van der Waals surface area contributed by atoms with Crippen molar-refractivity contribution in [3.05, 3.63) is 53.3 Å². The molecule has 0 saturated heterocycles. The minimum Gasteiger partial charge on any atom is -0.462 e. The van der Waals surface area contributed by atoms with Crippen molar-refractivity contribution in [2.75, 3.05) is 25.6 Å². The summed E-state index contributed by atoms with van der Waals surface area (Å²) in [4.78, 5) is 12.0. The van der Waals surface area contributed by atoms with E-state index in [0.29, 0.717) is 11.8 Å². The molecule has 26 heavy (non-hydrogen) atoms. The van der Waals surface area contributed by atoms with Crippen LogP contribution >= 0.6 is 0 Å². The number of carbonyl (C=O) groups excluding carboxylic acids is 1. The lowest BCUT2D eigenvalue weighted by Gasteiger charge is -2.14. The maximum Gasteiger partial charge on any atom is 0.341 e. The highest BCUT2D eigenvalue weighted by molar-refractivity contribution is 7.91. The molecule has 0 N–H and O–H groups in total. The number of esters is 1. The number of sulfone groups is 1. The maximum absolute atomic E-state index is 14.1. The van der Waals surface area contributed by atoms with Crippen LogP contribution in [0.25, 0.3) is 0 Å². The van der Waals surface area contributed by atoms with Gasteiger partial charge in [-0.05, 0) is 37.3 Å². The SMILES string of the molecule is CCOC(=O)c1cc(S(=O)(=O)c2ccc(N(C)C)cc2)c(F)c(F)c1F. The van der Waals surface area contributed by atoms with Crippen LogP contribution < -0.4 is 4.90 Å². The Morgan fingerprint density at radius 2 is 1.62 bits per heavy atom. The van der Waals surface area contributed by atoms with Gasteiger partial charge in [-0.1, -0.05) is 0 Å². The number of carbonyl (C=O) groups is 1. The van der Waals surface area contributed by atoms with E-state index in [1.165, 1.54) is 31.2 Å². The van der Waals surface area contributed by atoms with Crippen molar-refractivity contribution in [2.24, 2.45) is 0 Å². The number of halogens is 3. The Labute approximate surface area is 148 Å². The number of nitrogens with zero attached hydrogens (tertiary/aromatic N) is 1. The number of benzene rings is 2. The molecule has 0 aliphatic rings. The van der Waals surface area contributed by atoms with Gasteiger partial charge < -0.3 is 9.64 Å². The largest absolute Gasteiger partial charge is 0.462 e. The summed E-state index contributed by atoms with van der Waals surface area (Å²) in [5, 5.41) is 0.